The molecule has 4 heteroatoms. The van der Waals surface area contributed by atoms with Gasteiger partial charge < -0.3 is 5.11 Å². The molecule has 4 rings (SSSR count). The summed E-state index contributed by atoms with van der Waals surface area (Å²) >= 11 is 0. The summed E-state index contributed by atoms with van der Waals surface area (Å²) in [6, 6.07) is 20.9. The minimum atomic E-state index is 0.246. The van der Waals surface area contributed by atoms with Crippen molar-refractivity contribution in [3.63, 3.8) is 0 Å². The number of fused-ring (bicyclic) bond motifs is 1. The summed E-state index contributed by atoms with van der Waals surface area (Å²) in [6.07, 6.45) is 5.64. The third-order valence-corrected chi connectivity index (χ3v) is 3.76. The van der Waals surface area contributed by atoms with E-state index in [0.717, 1.165) is 28.2 Å². The van der Waals surface area contributed by atoms with Gasteiger partial charge in [0.2, 0.25) is 0 Å². The van der Waals surface area contributed by atoms with E-state index in [0.29, 0.717) is 0 Å². The van der Waals surface area contributed by atoms with Crippen molar-refractivity contribution in [3.05, 3.63) is 84.3 Å². The van der Waals surface area contributed by atoms with E-state index in [2.05, 4.69) is 4.98 Å². The minimum absolute atomic E-state index is 0.246. The average molecular weight is 313 g/mol. The van der Waals surface area contributed by atoms with Crippen LogP contribution in [-0.4, -0.2) is 19.6 Å². The number of phenols is 1. The van der Waals surface area contributed by atoms with Crippen LogP contribution in [0.5, 0.6) is 5.75 Å². The van der Waals surface area contributed by atoms with Crippen LogP contribution in [0, 0.1) is 0 Å². The Morgan fingerprint density at radius 1 is 0.875 bits per heavy atom. The van der Waals surface area contributed by atoms with Crippen molar-refractivity contribution >= 4 is 23.2 Å². The maximum Gasteiger partial charge on any atom is 0.139 e. The first-order valence-electron chi connectivity index (χ1n) is 7.67. The molecule has 1 N–H and O–H groups in total. The molecule has 0 unspecified atom stereocenters. The summed E-state index contributed by atoms with van der Waals surface area (Å²) in [7, 11) is 0. The van der Waals surface area contributed by atoms with E-state index in [1.165, 1.54) is 0 Å². The van der Waals surface area contributed by atoms with Crippen molar-refractivity contribution in [1.82, 2.24) is 14.5 Å². The maximum absolute atomic E-state index is 9.59. The van der Waals surface area contributed by atoms with E-state index in [1.807, 2.05) is 71.3 Å². The fraction of sp³-hybridized carbons (Fsp3) is 0. The molecular formula is C20H15N3O. The third kappa shape index (κ3) is 2.65. The molecule has 0 aliphatic carbocycles. The number of para-hydroxylation sites is 2. The fourth-order valence-electron chi connectivity index (χ4n) is 2.68. The molecule has 0 radical (unpaired) electrons. The standard InChI is InChI=1S/C20H15N3O/c24-16-7-5-6-15(14-16)11-12-20-22-17-8-1-2-9-18(17)23(20)19-10-3-4-13-21-19/h1-14,24H/b12-11+. The van der Waals surface area contributed by atoms with Gasteiger partial charge in [0.25, 0.3) is 0 Å². The normalized spacial score (nSPS) is 11.3. The van der Waals surface area contributed by atoms with Crippen LogP contribution in [0.15, 0.2) is 72.9 Å². The number of aromatic hydroxyl groups is 1. The summed E-state index contributed by atoms with van der Waals surface area (Å²) in [4.78, 5) is 9.15. The molecule has 0 saturated heterocycles. The van der Waals surface area contributed by atoms with Crippen molar-refractivity contribution in [2.45, 2.75) is 0 Å². The number of hydrogen-bond donors (Lipinski definition) is 1. The monoisotopic (exact) mass is 313 g/mol. The third-order valence-electron chi connectivity index (χ3n) is 3.76. The Labute approximate surface area is 139 Å². The molecule has 0 aliphatic rings. The van der Waals surface area contributed by atoms with Crippen LogP contribution in [0.25, 0.3) is 29.0 Å². The first-order chi connectivity index (χ1) is 11.8. The number of hydrogen-bond acceptors (Lipinski definition) is 3. The van der Waals surface area contributed by atoms with Gasteiger partial charge in [-0.2, -0.15) is 0 Å². The van der Waals surface area contributed by atoms with Crippen LogP contribution in [0.4, 0.5) is 0 Å². The van der Waals surface area contributed by atoms with Crippen LogP contribution in [0.3, 0.4) is 0 Å². The van der Waals surface area contributed by atoms with E-state index in [-0.39, 0.29) is 5.75 Å². The second-order valence-electron chi connectivity index (χ2n) is 5.41. The van der Waals surface area contributed by atoms with Gasteiger partial charge in [0.05, 0.1) is 11.0 Å². The number of benzene rings is 2. The summed E-state index contributed by atoms with van der Waals surface area (Å²) in [5.74, 6) is 1.86. The SMILES string of the molecule is Oc1cccc(/C=C/c2nc3ccccc3n2-c2ccccn2)c1. The van der Waals surface area contributed by atoms with Crippen molar-refractivity contribution in [1.29, 1.82) is 0 Å². The van der Waals surface area contributed by atoms with Crippen LogP contribution in [-0.2, 0) is 0 Å². The Balaban J connectivity index is 1.86. The second-order valence-corrected chi connectivity index (χ2v) is 5.41. The van der Waals surface area contributed by atoms with Gasteiger partial charge >= 0.3 is 0 Å². The fourth-order valence-corrected chi connectivity index (χ4v) is 2.68. The molecular weight excluding hydrogens is 298 g/mol. The topological polar surface area (TPSA) is 50.9 Å². The van der Waals surface area contributed by atoms with Gasteiger partial charge in [-0.1, -0.05) is 36.4 Å². The molecule has 24 heavy (non-hydrogen) atoms. The van der Waals surface area contributed by atoms with Crippen molar-refractivity contribution in [2.24, 2.45) is 0 Å². The van der Waals surface area contributed by atoms with Gasteiger partial charge in [0.1, 0.15) is 17.4 Å². The van der Waals surface area contributed by atoms with E-state index in [4.69, 9.17) is 4.98 Å². The largest absolute Gasteiger partial charge is 0.508 e. The number of rotatable bonds is 3. The van der Waals surface area contributed by atoms with Gasteiger partial charge in [0.15, 0.2) is 0 Å². The predicted molar refractivity (Wildman–Crippen MR) is 95.9 cm³/mol. The molecule has 2 aromatic heterocycles. The Kier molecular flexibility index (Phi) is 3.56. The quantitative estimate of drug-likeness (QED) is 0.613. The number of pyridine rings is 1. The zero-order valence-electron chi connectivity index (χ0n) is 12.9. The van der Waals surface area contributed by atoms with Gasteiger partial charge in [-0.3, -0.25) is 4.57 Å². The Hall–Kier alpha value is -3.40. The Bertz CT molecular complexity index is 1020. The summed E-state index contributed by atoms with van der Waals surface area (Å²) in [6.45, 7) is 0. The van der Waals surface area contributed by atoms with Crippen LogP contribution in [0.1, 0.15) is 11.4 Å². The Morgan fingerprint density at radius 3 is 2.58 bits per heavy atom. The first-order valence-corrected chi connectivity index (χ1v) is 7.67. The lowest BCUT2D eigenvalue weighted by Crippen LogP contribution is -1.99. The molecule has 4 aromatic rings. The molecule has 0 fully saturated rings. The molecule has 2 aromatic carbocycles. The molecule has 0 atom stereocenters. The van der Waals surface area contributed by atoms with Crippen molar-refractivity contribution in [3.8, 4) is 11.6 Å². The highest BCUT2D eigenvalue weighted by Crippen LogP contribution is 2.22. The molecule has 0 spiro atoms. The zero-order valence-corrected chi connectivity index (χ0v) is 12.9. The molecule has 0 amide bonds. The lowest BCUT2D eigenvalue weighted by atomic mass is 10.2. The molecule has 2 heterocycles. The predicted octanol–water partition coefficient (Wildman–Crippen LogP) is 4.30. The summed E-state index contributed by atoms with van der Waals surface area (Å²) in [5.41, 5.74) is 2.83. The highest BCUT2D eigenvalue weighted by molar-refractivity contribution is 5.81. The van der Waals surface area contributed by atoms with Gasteiger partial charge in [-0.05, 0) is 48.0 Å². The van der Waals surface area contributed by atoms with Crippen LogP contribution in [0.2, 0.25) is 0 Å². The highest BCUT2D eigenvalue weighted by Gasteiger charge is 2.10. The molecule has 0 aliphatic heterocycles. The average Bonchev–Trinajstić information content (AvgIpc) is 2.99. The number of aromatic nitrogens is 3. The molecule has 116 valence electrons. The van der Waals surface area contributed by atoms with Gasteiger partial charge in [-0.15, -0.1) is 0 Å². The smallest absolute Gasteiger partial charge is 0.139 e. The highest BCUT2D eigenvalue weighted by atomic mass is 16.3. The van der Waals surface area contributed by atoms with E-state index < -0.39 is 0 Å². The Morgan fingerprint density at radius 2 is 1.75 bits per heavy atom. The van der Waals surface area contributed by atoms with Gasteiger partial charge in [-0.25, -0.2) is 9.97 Å². The van der Waals surface area contributed by atoms with Gasteiger partial charge in [0, 0.05) is 6.20 Å². The van der Waals surface area contributed by atoms with Crippen LogP contribution >= 0.6 is 0 Å². The van der Waals surface area contributed by atoms with E-state index >= 15 is 0 Å². The minimum Gasteiger partial charge on any atom is -0.508 e. The van der Waals surface area contributed by atoms with Crippen molar-refractivity contribution in [2.75, 3.05) is 0 Å². The lowest BCUT2D eigenvalue weighted by molar-refractivity contribution is 0.475. The summed E-state index contributed by atoms with van der Waals surface area (Å²) < 4.78 is 2.02. The van der Waals surface area contributed by atoms with Crippen LogP contribution < -0.4 is 0 Å². The first kappa shape index (κ1) is 14.2. The number of imidazole rings is 1. The van der Waals surface area contributed by atoms with E-state index in [1.54, 1.807) is 18.3 Å². The maximum atomic E-state index is 9.59. The summed E-state index contributed by atoms with van der Waals surface area (Å²) in [5, 5.41) is 9.59. The number of phenolic OH excluding ortho intramolecular Hbond substituents is 1. The molecule has 0 bridgehead atoms. The number of nitrogens with zero attached hydrogens (tertiary/aromatic N) is 3. The van der Waals surface area contributed by atoms with Crippen molar-refractivity contribution < 1.29 is 5.11 Å². The molecule has 4 nitrogen and oxygen atoms in total. The zero-order chi connectivity index (χ0) is 16.4. The lowest BCUT2D eigenvalue weighted by Gasteiger charge is -2.05. The second kappa shape index (κ2) is 6.01. The molecule has 0 saturated carbocycles. The van der Waals surface area contributed by atoms with E-state index in [9.17, 15) is 5.11 Å².